The largest absolute Gasteiger partial charge is 0.506 e. The second-order valence-corrected chi connectivity index (χ2v) is 7.72. The predicted molar refractivity (Wildman–Crippen MR) is 120 cm³/mol. The van der Waals surface area contributed by atoms with Gasteiger partial charge in [-0.3, -0.25) is 4.79 Å². The third-order valence-electron chi connectivity index (χ3n) is 5.08. The Kier molecular flexibility index (Phi) is 4.26. The van der Waals surface area contributed by atoms with Crippen LogP contribution in [0.3, 0.4) is 0 Å². The predicted octanol–water partition coefficient (Wildman–Crippen LogP) is 6.30. The zero-order chi connectivity index (χ0) is 19.8. The molecule has 2 aromatic heterocycles. The molecule has 0 radical (unpaired) electrons. The molecule has 2 heterocycles. The number of aromatic hydroxyl groups is 1. The normalized spacial score (nSPS) is 11.0. The van der Waals surface area contributed by atoms with E-state index in [1.54, 1.807) is 0 Å². The van der Waals surface area contributed by atoms with Gasteiger partial charge in [0, 0.05) is 10.9 Å². The van der Waals surface area contributed by atoms with Gasteiger partial charge in [-0.25, -0.2) is 0 Å². The Morgan fingerprint density at radius 2 is 1.24 bits per heavy atom. The summed E-state index contributed by atoms with van der Waals surface area (Å²) in [5.41, 5.74) is 4.93. The number of pyridine rings is 1. The lowest BCUT2D eigenvalue weighted by Crippen LogP contribution is -2.08. The summed E-state index contributed by atoms with van der Waals surface area (Å²) >= 11 is 1.43. The minimum Gasteiger partial charge on any atom is -0.506 e. The SMILES string of the molecule is O=c1[nH]c2scc(-c3ccc(-c4ccccc4)cc3)c2c(O)c1-c1ccccc1. The molecule has 0 fully saturated rings. The summed E-state index contributed by atoms with van der Waals surface area (Å²) in [6.07, 6.45) is 0. The first kappa shape index (κ1) is 17.5. The summed E-state index contributed by atoms with van der Waals surface area (Å²) in [6.45, 7) is 0. The molecule has 0 unspecified atom stereocenters. The second kappa shape index (κ2) is 7.08. The van der Waals surface area contributed by atoms with Crippen molar-refractivity contribution in [3.8, 4) is 39.1 Å². The molecule has 5 aromatic rings. The summed E-state index contributed by atoms with van der Waals surface area (Å²) in [6, 6.07) is 27.7. The molecular formula is C25H17NO2S. The van der Waals surface area contributed by atoms with Crippen LogP contribution in [0.15, 0.2) is 95.1 Å². The third kappa shape index (κ3) is 3.04. The first-order valence-electron chi connectivity index (χ1n) is 9.30. The first-order chi connectivity index (χ1) is 14.2. The highest BCUT2D eigenvalue weighted by Gasteiger charge is 2.18. The molecule has 4 heteroatoms. The topological polar surface area (TPSA) is 53.1 Å². The van der Waals surface area contributed by atoms with Crippen LogP contribution in [0.25, 0.3) is 43.6 Å². The van der Waals surface area contributed by atoms with Crippen LogP contribution in [0.5, 0.6) is 5.75 Å². The number of rotatable bonds is 3. The van der Waals surface area contributed by atoms with Crippen molar-refractivity contribution in [3.05, 3.63) is 101 Å². The Morgan fingerprint density at radius 1 is 0.690 bits per heavy atom. The highest BCUT2D eigenvalue weighted by molar-refractivity contribution is 7.17. The monoisotopic (exact) mass is 395 g/mol. The summed E-state index contributed by atoms with van der Waals surface area (Å²) in [7, 11) is 0. The van der Waals surface area contributed by atoms with Gasteiger partial charge < -0.3 is 10.1 Å². The maximum Gasteiger partial charge on any atom is 0.260 e. The molecule has 140 valence electrons. The summed E-state index contributed by atoms with van der Waals surface area (Å²) in [5, 5.41) is 13.7. The van der Waals surface area contributed by atoms with Gasteiger partial charge in [0.1, 0.15) is 10.6 Å². The molecule has 0 aliphatic heterocycles. The average Bonchev–Trinajstić information content (AvgIpc) is 3.19. The zero-order valence-electron chi connectivity index (χ0n) is 15.4. The van der Waals surface area contributed by atoms with Crippen LogP contribution < -0.4 is 5.56 Å². The highest BCUT2D eigenvalue weighted by Crippen LogP contribution is 2.41. The number of thiophene rings is 1. The maximum atomic E-state index is 12.6. The summed E-state index contributed by atoms with van der Waals surface area (Å²) < 4.78 is 0. The van der Waals surface area contributed by atoms with E-state index in [9.17, 15) is 9.90 Å². The van der Waals surface area contributed by atoms with Gasteiger partial charge in [0.15, 0.2) is 0 Å². The van der Waals surface area contributed by atoms with E-state index in [0.29, 0.717) is 21.3 Å². The fourth-order valence-electron chi connectivity index (χ4n) is 3.64. The quantitative estimate of drug-likeness (QED) is 0.377. The molecule has 0 atom stereocenters. The number of nitrogens with one attached hydrogen (secondary N) is 1. The van der Waals surface area contributed by atoms with Crippen molar-refractivity contribution in [3.63, 3.8) is 0 Å². The van der Waals surface area contributed by atoms with E-state index in [-0.39, 0.29) is 11.3 Å². The fraction of sp³-hybridized carbons (Fsp3) is 0. The number of hydrogen-bond donors (Lipinski definition) is 2. The molecule has 0 bridgehead atoms. The van der Waals surface area contributed by atoms with Gasteiger partial charge in [-0.2, -0.15) is 0 Å². The fourth-order valence-corrected chi connectivity index (χ4v) is 4.61. The van der Waals surface area contributed by atoms with E-state index in [1.165, 1.54) is 11.3 Å². The van der Waals surface area contributed by atoms with Crippen molar-refractivity contribution in [2.75, 3.05) is 0 Å². The lowest BCUT2D eigenvalue weighted by molar-refractivity contribution is 0.483. The standard InChI is InChI=1S/C25H17NO2S/c27-23-21(19-9-5-2-6-10-19)24(28)26-25-22(23)20(15-29-25)18-13-11-17(12-14-18)16-7-3-1-4-8-16/h1-15H,(H2,26,27,28). The number of fused-ring (bicyclic) bond motifs is 1. The second-order valence-electron chi connectivity index (χ2n) is 6.84. The zero-order valence-corrected chi connectivity index (χ0v) is 16.2. The Morgan fingerprint density at radius 3 is 1.90 bits per heavy atom. The van der Waals surface area contributed by atoms with Crippen LogP contribution in [-0.2, 0) is 0 Å². The minimum absolute atomic E-state index is 0.0262. The first-order valence-corrected chi connectivity index (χ1v) is 10.2. The molecule has 5 rings (SSSR count). The van der Waals surface area contributed by atoms with Crippen molar-refractivity contribution in [2.24, 2.45) is 0 Å². The number of aromatic nitrogens is 1. The van der Waals surface area contributed by atoms with Crippen LogP contribution >= 0.6 is 11.3 Å². The van der Waals surface area contributed by atoms with Gasteiger partial charge in [0.25, 0.3) is 5.56 Å². The molecule has 0 spiro atoms. The van der Waals surface area contributed by atoms with Crippen LogP contribution in [0, 0.1) is 0 Å². The molecule has 0 saturated carbocycles. The molecule has 3 aromatic carbocycles. The number of hydrogen-bond acceptors (Lipinski definition) is 3. The number of aromatic amines is 1. The van der Waals surface area contributed by atoms with E-state index < -0.39 is 0 Å². The molecular weight excluding hydrogens is 378 g/mol. The van der Waals surface area contributed by atoms with Gasteiger partial charge in [0.05, 0.1) is 10.9 Å². The van der Waals surface area contributed by atoms with Crippen molar-refractivity contribution >= 4 is 21.6 Å². The van der Waals surface area contributed by atoms with Gasteiger partial charge in [-0.05, 0) is 22.3 Å². The summed E-state index contributed by atoms with van der Waals surface area (Å²) in [5.74, 6) is 0.0262. The molecule has 2 N–H and O–H groups in total. The van der Waals surface area contributed by atoms with Crippen molar-refractivity contribution in [1.82, 2.24) is 4.98 Å². The highest BCUT2D eigenvalue weighted by atomic mass is 32.1. The third-order valence-corrected chi connectivity index (χ3v) is 5.98. The van der Waals surface area contributed by atoms with E-state index in [4.69, 9.17) is 0 Å². The summed E-state index contributed by atoms with van der Waals surface area (Å²) in [4.78, 5) is 16.2. The van der Waals surface area contributed by atoms with E-state index >= 15 is 0 Å². The molecule has 0 saturated heterocycles. The minimum atomic E-state index is -0.283. The maximum absolute atomic E-state index is 12.6. The number of benzene rings is 3. The molecule has 0 aliphatic rings. The van der Waals surface area contributed by atoms with E-state index in [1.807, 2.05) is 53.9 Å². The van der Waals surface area contributed by atoms with Gasteiger partial charge >= 0.3 is 0 Å². The molecule has 29 heavy (non-hydrogen) atoms. The molecule has 3 nitrogen and oxygen atoms in total. The van der Waals surface area contributed by atoms with Crippen LogP contribution in [-0.4, -0.2) is 10.1 Å². The Hall–Kier alpha value is -3.63. The van der Waals surface area contributed by atoms with Gasteiger partial charge in [-0.1, -0.05) is 84.9 Å². The molecule has 0 aliphatic carbocycles. The van der Waals surface area contributed by atoms with Gasteiger partial charge in [-0.15, -0.1) is 11.3 Å². The van der Waals surface area contributed by atoms with Crippen LogP contribution in [0.4, 0.5) is 0 Å². The van der Waals surface area contributed by atoms with Crippen molar-refractivity contribution in [1.29, 1.82) is 0 Å². The van der Waals surface area contributed by atoms with Crippen LogP contribution in [0.2, 0.25) is 0 Å². The average molecular weight is 395 g/mol. The lowest BCUT2D eigenvalue weighted by Gasteiger charge is -2.08. The smallest absolute Gasteiger partial charge is 0.260 e. The van der Waals surface area contributed by atoms with Crippen molar-refractivity contribution in [2.45, 2.75) is 0 Å². The Balaban J connectivity index is 1.66. The van der Waals surface area contributed by atoms with Crippen LogP contribution in [0.1, 0.15) is 0 Å². The Bertz CT molecular complexity index is 1350. The van der Waals surface area contributed by atoms with E-state index in [0.717, 1.165) is 22.3 Å². The lowest BCUT2D eigenvalue weighted by atomic mass is 9.98. The van der Waals surface area contributed by atoms with Gasteiger partial charge in [0.2, 0.25) is 0 Å². The Labute approximate surface area is 171 Å². The van der Waals surface area contributed by atoms with Crippen molar-refractivity contribution < 1.29 is 5.11 Å². The molecule has 0 amide bonds. The van der Waals surface area contributed by atoms with E-state index in [2.05, 4.69) is 41.4 Å². The number of H-pyrrole nitrogens is 1.